The van der Waals surface area contributed by atoms with E-state index in [1.807, 2.05) is 0 Å². The van der Waals surface area contributed by atoms with E-state index in [0.29, 0.717) is 5.01 Å². The molecule has 1 aliphatic heterocycles. The first-order valence-corrected chi connectivity index (χ1v) is 8.16. The lowest BCUT2D eigenvalue weighted by Gasteiger charge is -2.13. The second-order valence-electron chi connectivity index (χ2n) is 5.57. The van der Waals surface area contributed by atoms with E-state index < -0.39 is 36.9 Å². The number of carbonyl (C=O) groups excluding carboxylic acids is 1. The van der Waals surface area contributed by atoms with Crippen LogP contribution in [0.3, 0.4) is 0 Å². The van der Waals surface area contributed by atoms with Crippen molar-refractivity contribution >= 4 is 22.4 Å². The molecule has 144 valence electrons. The molecule has 26 heavy (non-hydrogen) atoms. The molecule has 1 atom stereocenters. The molecule has 0 aromatic carbocycles. The third-order valence-corrected chi connectivity index (χ3v) is 4.48. The maximum atomic E-state index is 13.3. The van der Waals surface area contributed by atoms with E-state index >= 15 is 0 Å². The number of hydrogen-bond acceptors (Lipinski definition) is 6. The summed E-state index contributed by atoms with van der Waals surface area (Å²) in [6, 6.07) is 0. The van der Waals surface area contributed by atoms with E-state index in [0.717, 1.165) is 20.8 Å². The van der Waals surface area contributed by atoms with Gasteiger partial charge in [-0.15, -0.1) is 0 Å². The van der Waals surface area contributed by atoms with Gasteiger partial charge in [0.1, 0.15) is 16.8 Å². The highest BCUT2D eigenvalue weighted by atomic mass is 32.1. The first-order chi connectivity index (χ1) is 12.2. The highest BCUT2D eigenvalue weighted by Crippen LogP contribution is 2.30. The number of imidazole rings is 1. The quantitative estimate of drug-likeness (QED) is 0.697. The molecule has 0 aliphatic carbocycles. The van der Waals surface area contributed by atoms with Crippen molar-refractivity contribution in [3.63, 3.8) is 0 Å². The molecule has 7 nitrogen and oxygen atoms in total. The van der Waals surface area contributed by atoms with Gasteiger partial charge in [-0.3, -0.25) is 4.90 Å². The number of methoxy groups -OCH3 is 1. The maximum absolute atomic E-state index is 13.3. The van der Waals surface area contributed by atoms with E-state index in [1.54, 1.807) is 0 Å². The summed E-state index contributed by atoms with van der Waals surface area (Å²) in [7, 11) is 1.44. The van der Waals surface area contributed by atoms with Crippen molar-refractivity contribution in [3.8, 4) is 0 Å². The third kappa shape index (κ3) is 3.87. The van der Waals surface area contributed by atoms with Gasteiger partial charge in [-0.05, 0) is 0 Å². The summed E-state index contributed by atoms with van der Waals surface area (Å²) in [5, 5.41) is 4.59. The second-order valence-corrected chi connectivity index (χ2v) is 6.61. The lowest BCUT2D eigenvalue weighted by molar-refractivity contribution is -0.149. The number of cyclic esters (lactones) is 1. The Morgan fingerprint density at radius 3 is 2.77 bits per heavy atom. The summed E-state index contributed by atoms with van der Waals surface area (Å²) in [4.78, 5) is 16.7. The van der Waals surface area contributed by atoms with Crippen molar-refractivity contribution in [2.24, 2.45) is 0 Å². The lowest BCUT2D eigenvalue weighted by Crippen LogP contribution is -2.27. The van der Waals surface area contributed by atoms with Crippen LogP contribution >= 0.6 is 11.3 Å². The van der Waals surface area contributed by atoms with E-state index in [9.17, 15) is 26.7 Å². The highest BCUT2D eigenvalue weighted by molar-refractivity contribution is 7.16. The van der Waals surface area contributed by atoms with Gasteiger partial charge in [0.05, 0.1) is 31.8 Å². The summed E-state index contributed by atoms with van der Waals surface area (Å²) in [6.07, 6.45) is -11.1. The Morgan fingerprint density at radius 1 is 1.42 bits per heavy atom. The Bertz CT molecular complexity index is 806. The smallest absolute Gasteiger partial charge is 0.410 e. The summed E-state index contributed by atoms with van der Waals surface area (Å²) < 4.78 is 74.6. The van der Waals surface area contributed by atoms with Crippen molar-refractivity contribution < 1.29 is 36.2 Å². The van der Waals surface area contributed by atoms with Gasteiger partial charge in [-0.2, -0.15) is 18.3 Å². The zero-order valence-electron chi connectivity index (χ0n) is 13.3. The number of hydrogen-bond donors (Lipinski definition) is 0. The van der Waals surface area contributed by atoms with Crippen molar-refractivity contribution in [2.45, 2.75) is 38.3 Å². The van der Waals surface area contributed by atoms with Gasteiger partial charge in [0.2, 0.25) is 4.96 Å². The van der Waals surface area contributed by atoms with E-state index in [1.165, 1.54) is 7.11 Å². The van der Waals surface area contributed by atoms with Crippen molar-refractivity contribution in [1.29, 1.82) is 0 Å². The molecule has 2 aromatic heterocycles. The number of nitrogens with zero attached hydrogens (tertiary/aromatic N) is 4. The molecular formula is C13H13F5N4O3S. The van der Waals surface area contributed by atoms with Crippen LogP contribution in [0.25, 0.3) is 4.96 Å². The number of alkyl halides is 5. The van der Waals surface area contributed by atoms with Crippen LogP contribution in [0.2, 0.25) is 0 Å². The Hall–Kier alpha value is -2.02. The molecular weight excluding hydrogens is 387 g/mol. The molecule has 0 saturated carbocycles. The van der Waals surface area contributed by atoms with Crippen LogP contribution in [-0.4, -0.2) is 51.5 Å². The van der Waals surface area contributed by atoms with Gasteiger partial charge >= 0.3 is 12.3 Å². The van der Waals surface area contributed by atoms with Gasteiger partial charge in [-0.25, -0.2) is 23.1 Å². The summed E-state index contributed by atoms with van der Waals surface area (Å²) in [5.74, 6) is 0. The zero-order chi connectivity index (χ0) is 19.1. The van der Waals surface area contributed by atoms with Crippen LogP contribution in [0.5, 0.6) is 0 Å². The minimum atomic E-state index is -4.50. The SMILES string of the molecule is COCc1nn2c(CN3CC(CC(F)(F)F)OC3=O)c(C(F)F)nc2s1. The summed E-state index contributed by atoms with van der Waals surface area (Å²) >= 11 is 1.04. The molecule has 3 rings (SSSR count). The van der Waals surface area contributed by atoms with Gasteiger partial charge < -0.3 is 9.47 Å². The molecule has 0 spiro atoms. The molecule has 1 fully saturated rings. The number of halogens is 5. The van der Waals surface area contributed by atoms with Crippen LogP contribution in [0.4, 0.5) is 26.7 Å². The van der Waals surface area contributed by atoms with E-state index in [-0.39, 0.29) is 30.4 Å². The molecule has 1 saturated heterocycles. The average Bonchev–Trinajstić information content (AvgIpc) is 3.13. The fraction of sp³-hybridized carbons (Fsp3) is 0.615. The van der Waals surface area contributed by atoms with Crippen molar-refractivity contribution in [2.75, 3.05) is 13.7 Å². The maximum Gasteiger partial charge on any atom is 0.410 e. The van der Waals surface area contributed by atoms with E-state index in [4.69, 9.17) is 4.74 Å². The molecule has 1 aliphatic rings. The Balaban J connectivity index is 1.85. The van der Waals surface area contributed by atoms with Gasteiger partial charge in [0.25, 0.3) is 6.43 Å². The lowest BCUT2D eigenvalue weighted by atomic mass is 10.2. The zero-order valence-corrected chi connectivity index (χ0v) is 14.1. The minimum absolute atomic E-state index is 0.0711. The van der Waals surface area contributed by atoms with Crippen molar-refractivity contribution in [1.82, 2.24) is 19.5 Å². The Morgan fingerprint density at radius 2 is 2.15 bits per heavy atom. The Kier molecular flexibility index (Phi) is 5.01. The van der Waals surface area contributed by atoms with Gasteiger partial charge in [0.15, 0.2) is 0 Å². The van der Waals surface area contributed by atoms with Gasteiger partial charge in [-0.1, -0.05) is 11.3 Å². The van der Waals surface area contributed by atoms with Gasteiger partial charge in [0, 0.05) is 7.11 Å². The van der Waals surface area contributed by atoms with Crippen molar-refractivity contribution in [3.05, 3.63) is 16.4 Å². The Labute approximate surface area is 147 Å². The number of ether oxygens (including phenoxy) is 2. The molecule has 0 radical (unpaired) electrons. The minimum Gasteiger partial charge on any atom is -0.444 e. The molecule has 1 amide bonds. The number of fused-ring (bicyclic) bond motifs is 1. The van der Waals surface area contributed by atoms with Crippen LogP contribution in [-0.2, 0) is 22.6 Å². The van der Waals surface area contributed by atoms with Crippen LogP contribution < -0.4 is 0 Å². The number of amides is 1. The first-order valence-electron chi connectivity index (χ1n) is 7.34. The van der Waals surface area contributed by atoms with Crippen LogP contribution in [0.1, 0.15) is 29.2 Å². The summed E-state index contributed by atoms with van der Waals surface area (Å²) in [6.45, 7) is -0.593. The van der Waals surface area contributed by atoms with Crippen LogP contribution in [0.15, 0.2) is 0 Å². The summed E-state index contributed by atoms with van der Waals surface area (Å²) in [5.41, 5.74) is -0.641. The molecule has 0 bridgehead atoms. The largest absolute Gasteiger partial charge is 0.444 e. The fourth-order valence-electron chi connectivity index (χ4n) is 2.60. The average molecular weight is 400 g/mol. The molecule has 13 heteroatoms. The number of carbonyl (C=O) groups is 1. The predicted molar refractivity (Wildman–Crippen MR) is 77.9 cm³/mol. The first kappa shape index (κ1) is 18.8. The predicted octanol–water partition coefficient (Wildman–Crippen LogP) is 3.15. The van der Waals surface area contributed by atoms with E-state index in [2.05, 4.69) is 14.8 Å². The second kappa shape index (κ2) is 6.95. The molecule has 2 aromatic rings. The number of rotatable bonds is 6. The normalized spacial score (nSPS) is 18.3. The number of aromatic nitrogens is 3. The standard InChI is InChI=1S/C13H13F5N4O3S/c1-24-5-8-20-22-7(9(10(14)15)19-11(22)26-8)4-21-3-6(25-12(21)23)2-13(16,17)18/h6,10H,2-5H2,1H3. The fourth-order valence-corrected chi connectivity index (χ4v) is 3.49. The topological polar surface area (TPSA) is 69.0 Å². The molecule has 3 heterocycles. The monoisotopic (exact) mass is 400 g/mol. The third-order valence-electron chi connectivity index (χ3n) is 3.59. The molecule has 1 unspecified atom stereocenters. The van der Waals surface area contributed by atoms with Crippen LogP contribution in [0, 0.1) is 0 Å². The highest BCUT2D eigenvalue weighted by Gasteiger charge is 2.41. The molecule has 0 N–H and O–H groups in total.